The third-order valence-electron chi connectivity index (χ3n) is 3.66. The predicted octanol–water partition coefficient (Wildman–Crippen LogP) is 4.57. The maximum atomic E-state index is 13.4. The molecule has 0 saturated heterocycles. The molecule has 0 amide bonds. The summed E-state index contributed by atoms with van der Waals surface area (Å²) in [5.74, 6) is 0.348. The van der Waals surface area contributed by atoms with Gasteiger partial charge in [0.1, 0.15) is 0 Å². The van der Waals surface area contributed by atoms with Gasteiger partial charge < -0.3 is 23.6 Å². The largest absolute Gasteiger partial charge is 0.502 e. The van der Waals surface area contributed by atoms with Gasteiger partial charge in [-0.2, -0.15) is 0 Å². The Morgan fingerprint density at radius 1 is 1.15 bits per heavy atom. The highest BCUT2D eigenvalue weighted by atomic mass is 31.2. The third-order valence-corrected chi connectivity index (χ3v) is 5.83. The minimum Gasteiger partial charge on any atom is -0.502 e. The molecule has 0 atom stereocenters. The van der Waals surface area contributed by atoms with Gasteiger partial charge in [-0.1, -0.05) is 6.07 Å². The zero-order valence-corrected chi connectivity index (χ0v) is 16.7. The minimum atomic E-state index is -3.60. The standard InChI is InChI=1S/C19H24NO6P/c1-5-25-27(22,26-6-2)18(15-8-7-9-20-13-15)12-14-10-16(23-3)19(21)17(11-14)24-4/h7-13,21H,5-6H2,1-4H3. The molecule has 146 valence electrons. The summed E-state index contributed by atoms with van der Waals surface area (Å²) in [7, 11) is -0.719. The number of methoxy groups -OCH3 is 2. The minimum absolute atomic E-state index is 0.113. The Labute approximate surface area is 159 Å². The lowest BCUT2D eigenvalue weighted by atomic mass is 10.1. The predicted molar refractivity (Wildman–Crippen MR) is 104 cm³/mol. The van der Waals surface area contributed by atoms with Crippen LogP contribution in [-0.2, 0) is 13.6 Å². The van der Waals surface area contributed by atoms with Crippen molar-refractivity contribution in [3.63, 3.8) is 0 Å². The van der Waals surface area contributed by atoms with Crippen LogP contribution in [0.4, 0.5) is 0 Å². The molecule has 2 aromatic rings. The average Bonchev–Trinajstić information content (AvgIpc) is 2.68. The highest BCUT2D eigenvalue weighted by Crippen LogP contribution is 2.61. The first-order valence-corrected chi connectivity index (χ1v) is 10.00. The van der Waals surface area contributed by atoms with Crippen LogP contribution in [-0.4, -0.2) is 37.5 Å². The monoisotopic (exact) mass is 393 g/mol. The van der Waals surface area contributed by atoms with Crippen molar-refractivity contribution >= 4 is 19.0 Å². The van der Waals surface area contributed by atoms with E-state index in [0.29, 0.717) is 16.4 Å². The number of aromatic nitrogens is 1. The van der Waals surface area contributed by atoms with E-state index >= 15 is 0 Å². The summed E-state index contributed by atoms with van der Waals surface area (Å²) in [4.78, 5) is 4.10. The topological polar surface area (TPSA) is 87.1 Å². The molecule has 0 aliphatic heterocycles. The van der Waals surface area contributed by atoms with Gasteiger partial charge in [-0.05, 0) is 43.7 Å². The van der Waals surface area contributed by atoms with E-state index in [0.717, 1.165) is 0 Å². The number of hydrogen-bond donors (Lipinski definition) is 1. The summed E-state index contributed by atoms with van der Waals surface area (Å²) in [6, 6.07) is 6.73. The van der Waals surface area contributed by atoms with Crippen LogP contribution >= 0.6 is 7.60 Å². The molecular formula is C19H24NO6P. The van der Waals surface area contributed by atoms with Crippen LogP contribution in [0.25, 0.3) is 11.4 Å². The molecule has 0 saturated carbocycles. The summed E-state index contributed by atoms with van der Waals surface area (Å²) in [6.45, 7) is 3.94. The number of nitrogens with zero attached hydrogens (tertiary/aromatic N) is 1. The molecule has 1 aromatic carbocycles. The molecule has 0 spiro atoms. The first kappa shape index (κ1) is 21.0. The van der Waals surface area contributed by atoms with E-state index in [-0.39, 0.29) is 30.5 Å². The number of phenolic OH excluding ortho intramolecular Hbond substituents is 1. The van der Waals surface area contributed by atoms with Crippen molar-refractivity contribution in [3.05, 3.63) is 47.8 Å². The van der Waals surface area contributed by atoms with Gasteiger partial charge in [-0.3, -0.25) is 9.55 Å². The molecule has 0 bridgehead atoms. The fraction of sp³-hybridized carbons (Fsp3) is 0.316. The highest BCUT2D eigenvalue weighted by molar-refractivity contribution is 7.65. The first-order valence-electron chi connectivity index (χ1n) is 8.45. The van der Waals surface area contributed by atoms with Crippen LogP contribution in [0.2, 0.25) is 0 Å². The zero-order valence-electron chi connectivity index (χ0n) is 15.8. The molecule has 0 unspecified atom stereocenters. The van der Waals surface area contributed by atoms with Gasteiger partial charge in [-0.15, -0.1) is 0 Å². The van der Waals surface area contributed by atoms with Gasteiger partial charge in [0.15, 0.2) is 11.5 Å². The van der Waals surface area contributed by atoms with Crippen molar-refractivity contribution < 1.29 is 28.2 Å². The fourth-order valence-corrected chi connectivity index (χ4v) is 4.29. The molecule has 27 heavy (non-hydrogen) atoms. The van der Waals surface area contributed by atoms with E-state index in [4.69, 9.17) is 18.5 Å². The number of hydrogen-bond acceptors (Lipinski definition) is 7. The molecule has 2 rings (SSSR count). The normalized spacial score (nSPS) is 12.1. The quantitative estimate of drug-likeness (QED) is 0.625. The second kappa shape index (κ2) is 9.55. The summed E-state index contributed by atoms with van der Waals surface area (Å²) in [5, 5.41) is 10.5. The van der Waals surface area contributed by atoms with Crippen LogP contribution < -0.4 is 9.47 Å². The van der Waals surface area contributed by atoms with Crippen LogP contribution in [0.3, 0.4) is 0 Å². The Morgan fingerprint density at radius 3 is 2.19 bits per heavy atom. The number of rotatable bonds is 9. The van der Waals surface area contributed by atoms with Crippen LogP contribution in [0.5, 0.6) is 17.2 Å². The number of phenols is 1. The van der Waals surface area contributed by atoms with Crippen molar-refractivity contribution in [2.75, 3.05) is 27.4 Å². The van der Waals surface area contributed by atoms with Crippen LogP contribution in [0, 0.1) is 0 Å². The average molecular weight is 393 g/mol. The molecule has 1 heterocycles. The van der Waals surface area contributed by atoms with Gasteiger partial charge in [0.25, 0.3) is 0 Å². The second-order valence-electron chi connectivity index (χ2n) is 5.38. The highest BCUT2D eigenvalue weighted by Gasteiger charge is 2.31. The van der Waals surface area contributed by atoms with E-state index in [2.05, 4.69) is 4.98 Å². The fourth-order valence-electron chi connectivity index (χ4n) is 2.51. The zero-order chi connectivity index (χ0) is 19.9. The Hall–Kier alpha value is -2.34. The van der Waals surface area contributed by atoms with Gasteiger partial charge in [0.05, 0.1) is 32.7 Å². The van der Waals surface area contributed by atoms with Crippen molar-refractivity contribution in [2.24, 2.45) is 0 Å². The molecule has 0 aliphatic rings. The molecule has 7 nitrogen and oxygen atoms in total. The number of pyridine rings is 1. The molecule has 8 heteroatoms. The van der Waals surface area contributed by atoms with Gasteiger partial charge in [0.2, 0.25) is 5.75 Å². The maximum absolute atomic E-state index is 13.4. The number of ether oxygens (including phenoxy) is 2. The summed E-state index contributed by atoms with van der Waals surface area (Å²) in [5.41, 5.74) is 1.20. The van der Waals surface area contributed by atoms with E-state index in [1.165, 1.54) is 14.2 Å². The third kappa shape index (κ3) is 4.89. The van der Waals surface area contributed by atoms with Crippen LogP contribution in [0.1, 0.15) is 25.0 Å². The Bertz CT molecular complexity index is 802. The lowest BCUT2D eigenvalue weighted by Crippen LogP contribution is -1.99. The summed E-state index contributed by atoms with van der Waals surface area (Å²) in [6.07, 6.45) is 4.87. The SMILES string of the molecule is CCOP(=O)(OCC)C(=Cc1cc(OC)c(O)c(OC)c1)c1cccnc1. The Kier molecular flexibility index (Phi) is 7.42. The van der Waals surface area contributed by atoms with Crippen molar-refractivity contribution in [2.45, 2.75) is 13.8 Å². The van der Waals surface area contributed by atoms with Gasteiger partial charge in [-0.25, -0.2) is 0 Å². The molecule has 0 radical (unpaired) electrons. The van der Waals surface area contributed by atoms with E-state index < -0.39 is 7.60 Å². The summed E-state index contributed by atoms with van der Waals surface area (Å²) >= 11 is 0. The number of benzene rings is 1. The van der Waals surface area contributed by atoms with E-state index in [9.17, 15) is 9.67 Å². The van der Waals surface area contributed by atoms with Crippen molar-refractivity contribution in [3.8, 4) is 17.2 Å². The lowest BCUT2D eigenvalue weighted by Gasteiger charge is -2.20. The number of aromatic hydroxyl groups is 1. The van der Waals surface area contributed by atoms with E-state index in [1.54, 1.807) is 56.6 Å². The Balaban J connectivity index is 2.69. The second-order valence-corrected chi connectivity index (χ2v) is 7.37. The van der Waals surface area contributed by atoms with Crippen LogP contribution in [0.15, 0.2) is 36.7 Å². The summed E-state index contributed by atoms with van der Waals surface area (Å²) < 4.78 is 34.9. The van der Waals surface area contributed by atoms with E-state index in [1.807, 2.05) is 0 Å². The molecular weight excluding hydrogens is 369 g/mol. The molecule has 1 N–H and O–H groups in total. The van der Waals surface area contributed by atoms with Gasteiger partial charge in [0, 0.05) is 18.0 Å². The molecule has 0 aliphatic carbocycles. The molecule has 0 fully saturated rings. The Morgan fingerprint density at radius 2 is 1.74 bits per heavy atom. The molecule has 1 aromatic heterocycles. The maximum Gasteiger partial charge on any atom is 0.361 e. The van der Waals surface area contributed by atoms with Gasteiger partial charge >= 0.3 is 7.60 Å². The first-order chi connectivity index (χ1) is 13.0. The smallest absolute Gasteiger partial charge is 0.361 e. The van der Waals surface area contributed by atoms with Crippen molar-refractivity contribution in [1.29, 1.82) is 0 Å². The lowest BCUT2D eigenvalue weighted by molar-refractivity contribution is 0.231. The van der Waals surface area contributed by atoms with Crippen molar-refractivity contribution in [1.82, 2.24) is 4.98 Å².